The van der Waals surface area contributed by atoms with Gasteiger partial charge in [0.25, 0.3) is 11.8 Å². The van der Waals surface area contributed by atoms with Crippen molar-refractivity contribution in [3.05, 3.63) is 63.1 Å². The van der Waals surface area contributed by atoms with Gasteiger partial charge < -0.3 is 24.6 Å². The van der Waals surface area contributed by atoms with Gasteiger partial charge in [0.2, 0.25) is 5.43 Å². The lowest BCUT2D eigenvalue weighted by atomic mass is 10.1. The zero-order valence-corrected chi connectivity index (χ0v) is 15.5. The highest BCUT2D eigenvalue weighted by Gasteiger charge is 2.41. The van der Waals surface area contributed by atoms with Gasteiger partial charge in [0.05, 0.1) is 18.6 Å². The molecule has 158 valence electrons. The van der Waals surface area contributed by atoms with E-state index in [-0.39, 0.29) is 10.5 Å². The van der Waals surface area contributed by atoms with E-state index >= 15 is 0 Å². The van der Waals surface area contributed by atoms with Crippen LogP contribution in [0, 0.1) is 11.6 Å². The fraction of sp³-hybridized carbons (Fsp3) is 0.350. The summed E-state index contributed by atoms with van der Waals surface area (Å²) in [6, 6.07) is -0.0847. The minimum atomic E-state index is -3.19. The Morgan fingerprint density at radius 1 is 1.43 bits per heavy atom. The van der Waals surface area contributed by atoms with Crippen molar-refractivity contribution >= 4 is 11.8 Å². The zero-order chi connectivity index (χ0) is 27.0. The number of aromatic nitrogens is 1. The minimum absolute atomic E-state index is 0.107. The lowest BCUT2D eigenvalue weighted by Gasteiger charge is -2.44. The van der Waals surface area contributed by atoms with Gasteiger partial charge in [-0.2, -0.15) is 0 Å². The predicted octanol–water partition coefficient (Wildman–Crippen LogP) is 1.35. The molecule has 2 aliphatic rings. The molecule has 2 atom stereocenters. The van der Waals surface area contributed by atoms with Crippen molar-refractivity contribution in [1.82, 2.24) is 14.8 Å². The number of nitrogens with one attached hydrogen (secondary N) is 1. The topological polar surface area (TPSA) is 101 Å². The standard InChI is InChI=1S/C20H19F2N3O5/c1-10-4-5-30-15-9-24-8-13(17(26)18(27)16(24)20(29)25(10)15)19(28)23-7-11-2-3-12(21)6-14(11)22/h2-3,6,8,10,15,27H,4-5,7,9H2,1H3,(H,23,28)/t10-,15+/m1/s1/i4D2,5D2,10D,15D. The van der Waals surface area contributed by atoms with E-state index in [1.165, 1.54) is 0 Å². The lowest BCUT2D eigenvalue weighted by Crippen LogP contribution is -2.57. The monoisotopic (exact) mass is 425 g/mol. The van der Waals surface area contributed by atoms with Crippen molar-refractivity contribution in [1.29, 1.82) is 0 Å². The van der Waals surface area contributed by atoms with Crippen LogP contribution in [-0.2, 0) is 17.8 Å². The Morgan fingerprint density at radius 2 is 2.20 bits per heavy atom. The second kappa shape index (κ2) is 7.52. The molecule has 2 N–H and O–H groups in total. The summed E-state index contributed by atoms with van der Waals surface area (Å²) in [5.41, 5.74) is -2.90. The largest absolute Gasteiger partial charge is 0.503 e. The quantitative estimate of drug-likeness (QED) is 0.773. The molecular formula is C20H19F2N3O5. The molecule has 0 bridgehead atoms. The second-order valence-corrected chi connectivity index (χ2v) is 6.56. The van der Waals surface area contributed by atoms with Crippen molar-refractivity contribution in [3.63, 3.8) is 0 Å². The molecule has 2 aliphatic heterocycles. The number of nitrogens with zero attached hydrogens (tertiary/aromatic N) is 2. The maximum Gasteiger partial charge on any atom is 0.276 e. The highest BCUT2D eigenvalue weighted by molar-refractivity contribution is 5.99. The van der Waals surface area contributed by atoms with Gasteiger partial charge in [-0.1, -0.05) is 6.07 Å². The van der Waals surface area contributed by atoms with E-state index < -0.39 is 84.1 Å². The van der Waals surface area contributed by atoms with E-state index in [9.17, 15) is 28.3 Å². The van der Waals surface area contributed by atoms with Gasteiger partial charge >= 0.3 is 0 Å². The Labute approximate surface area is 178 Å². The fourth-order valence-electron chi connectivity index (χ4n) is 3.16. The third-order valence-electron chi connectivity index (χ3n) is 4.65. The molecule has 0 aliphatic carbocycles. The van der Waals surface area contributed by atoms with Crippen LogP contribution in [0.5, 0.6) is 5.75 Å². The van der Waals surface area contributed by atoms with Crippen LogP contribution in [0.4, 0.5) is 8.78 Å². The Morgan fingerprint density at radius 3 is 2.93 bits per heavy atom. The molecule has 3 heterocycles. The van der Waals surface area contributed by atoms with Gasteiger partial charge in [-0.3, -0.25) is 14.4 Å². The number of carbonyl (C=O) groups excluding carboxylic acids is 2. The number of pyridine rings is 1. The van der Waals surface area contributed by atoms with Gasteiger partial charge in [0.15, 0.2) is 17.6 Å². The summed E-state index contributed by atoms with van der Waals surface area (Å²) in [4.78, 5) is 38.9. The molecule has 2 amide bonds. The Kier molecular flexibility index (Phi) is 3.48. The van der Waals surface area contributed by atoms with Crippen LogP contribution >= 0.6 is 0 Å². The zero-order valence-electron chi connectivity index (χ0n) is 21.5. The number of halogens is 2. The molecule has 1 saturated heterocycles. The van der Waals surface area contributed by atoms with Crippen molar-refractivity contribution in [2.75, 3.05) is 6.56 Å². The van der Waals surface area contributed by atoms with Crippen LogP contribution in [0.15, 0.2) is 29.2 Å². The summed E-state index contributed by atoms with van der Waals surface area (Å²) in [6.07, 6.45) is -5.02. The third kappa shape index (κ3) is 3.32. The molecule has 8 nitrogen and oxygen atoms in total. The SMILES string of the molecule is [2H]C1([2H])O[C@@]2([2H])Cn3cc(C(=O)NCc4ccc(F)cc4F)c(=O)c(O)c3C(=O)N2[C@]([2H])(C)C1([2H])[2H]. The molecule has 1 fully saturated rings. The minimum Gasteiger partial charge on any atom is -0.503 e. The molecule has 0 spiro atoms. The van der Waals surface area contributed by atoms with Crippen molar-refractivity contribution < 1.29 is 36.4 Å². The highest BCUT2D eigenvalue weighted by Crippen LogP contribution is 2.29. The highest BCUT2D eigenvalue weighted by atomic mass is 19.1. The van der Waals surface area contributed by atoms with Crippen LogP contribution in [0.3, 0.4) is 0 Å². The lowest BCUT2D eigenvalue weighted by molar-refractivity contribution is -0.112. The maximum atomic E-state index is 13.8. The Bertz CT molecular complexity index is 1370. The normalized spacial score (nSPS) is 31.7. The van der Waals surface area contributed by atoms with Gasteiger partial charge in [0.1, 0.15) is 17.2 Å². The van der Waals surface area contributed by atoms with Crippen molar-refractivity contribution in [3.8, 4) is 5.75 Å². The predicted molar refractivity (Wildman–Crippen MR) is 99.9 cm³/mol. The van der Waals surface area contributed by atoms with E-state index in [0.29, 0.717) is 6.07 Å². The summed E-state index contributed by atoms with van der Waals surface area (Å²) in [5, 5.41) is 12.7. The van der Waals surface area contributed by atoms with Gasteiger partial charge in [-0.05, 0) is 19.4 Å². The first kappa shape index (κ1) is 13.9. The molecular weight excluding hydrogens is 400 g/mol. The second-order valence-electron chi connectivity index (χ2n) is 6.56. The van der Waals surface area contributed by atoms with E-state index in [1.807, 2.05) is 0 Å². The van der Waals surface area contributed by atoms with Crippen LogP contribution in [0.2, 0.25) is 0 Å². The number of hydrogen-bond donors (Lipinski definition) is 2. The molecule has 1 aromatic carbocycles. The van der Waals surface area contributed by atoms with Crippen molar-refractivity contribution in [2.45, 2.75) is 38.6 Å². The van der Waals surface area contributed by atoms with E-state index in [1.54, 1.807) is 0 Å². The molecule has 1 aromatic heterocycles. The third-order valence-corrected chi connectivity index (χ3v) is 4.65. The first-order chi connectivity index (χ1) is 16.4. The van der Waals surface area contributed by atoms with Crippen LogP contribution in [0.25, 0.3) is 0 Å². The van der Waals surface area contributed by atoms with Crippen molar-refractivity contribution in [2.24, 2.45) is 0 Å². The van der Waals surface area contributed by atoms with Gasteiger partial charge in [0, 0.05) is 33.1 Å². The molecule has 0 unspecified atom stereocenters. The summed E-state index contributed by atoms with van der Waals surface area (Å²) in [6.45, 7) is -3.60. The number of hydrogen-bond acceptors (Lipinski definition) is 5. The smallest absolute Gasteiger partial charge is 0.276 e. The van der Waals surface area contributed by atoms with Crippen LogP contribution < -0.4 is 10.7 Å². The number of fused-ring (bicyclic) bond motifs is 2. The molecule has 4 rings (SSSR count). The Hall–Kier alpha value is -3.27. The first-order valence-electron chi connectivity index (χ1n) is 11.7. The molecule has 10 heteroatoms. The van der Waals surface area contributed by atoms with Crippen LogP contribution in [-0.4, -0.2) is 45.2 Å². The first-order valence-corrected chi connectivity index (χ1v) is 8.68. The van der Waals surface area contributed by atoms with E-state index in [4.69, 9.17) is 13.0 Å². The number of carbonyl (C=O) groups is 2. The number of ether oxygens (including phenoxy) is 1. The molecule has 0 saturated carbocycles. The maximum absolute atomic E-state index is 13.8. The molecule has 0 radical (unpaired) electrons. The molecule has 30 heavy (non-hydrogen) atoms. The van der Waals surface area contributed by atoms with Gasteiger partial charge in [-0.25, -0.2) is 8.78 Å². The van der Waals surface area contributed by atoms with E-state index in [2.05, 4.69) is 5.32 Å². The van der Waals surface area contributed by atoms with Crippen LogP contribution in [0.1, 0.15) is 47.9 Å². The summed E-state index contributed by atoms with van der Waals surface area (Å²) < 4.78 is 81.5. The number of benzene rings is 1. The average Bonchev–Trinajstić information content (AvgIpc) is 2.73. The summed E-state index contributed by atoms with van der Waals surface area (Å²) in [7, 11) is 0. The van der Waals surface area contributed by atoms with E-state index in [0.717, 1.165) is 29.8 Å². The number of rotatable bonds is 3. The summed E-state index contributed by atoms with van der Waals surface area (Å²) in [5.74, 6) is -5.50. The number of aromatic hydroxyl groups is 1. The molecule has 2 aromatic rings. The van der Waals surface area contributed by atoms with Gasteiger partial charge in [-0.15, -0.1) is 0 Å². The average molecular weight is 425 g/mol. The number of amides is 2. The summed E-state index contributed by atoms with van der Waals surface area (Å²) >= 11 is 0. The fourth-order valence-corrected chi connectivity index (χ4v) is 3.16. The Balaban J connectivity index is 1.74.